The second-order valence-corrected chi connectivity index (χ2v) is 13.4. The standard InChI is InChI=1S/C30H50N6O17/c31-6-13-19(40)22(43)17(36-30(45)35-9-1-3-10(53-46)4-2-9)28(47-13)51-25-15(8-38)49-29(23(25)44)52-26-18(39)11(32)5-12(33)24(26)50-27-16(34)21(42)20(41)14(7-37)48-27/h1-4,11-29,37-44,46H,5-8,31-34H2,(H2,35,36,45)/t11-,12?,13?,14?,15-,16?,17?,18?,19-,20-,21-,22+,23?,24-,25+,26-,27-,28-,29+/m1/s1. The van der Waals surface area contributed by atoms with Gasteiger partial charge in [0, 0.05) is 24.3 Å². The fraction of sp³-hybridized carbons (Fsp3) is 0.767. The molecule has 0 spiro atoms. The van der Waals surface area contributed by atoms with E-state index in [0.29, 0.717) is 0 Å². The number of aliphatic hydroxyl groups is 8. The maximum atomic E-state index is 12.9. The van der Waals surface area contributed by atoms with Gasteiger partial charge >= 0.3 is 6.03 Å². The van der Waals surface area contributed by atoms with Gasteiger partial charge in [-0.3, -0.25) is 0 Å². The molecule has 0 radical (unpaired) electrons. The summed E-state index contributed by atoms with van der Waals surface area (Å²) in [7, 11) is 0. The predicted molar refractivity (Wildman–Crippen MR) is 174 cm³/mol. The Bertz CT molecular complexity index is 1320. The van der Waals surface area contributed by atoms with Crippen LogP contribution < -0.4 is 38.5 Å². The number of carbonyl (C=O) groups excluding carboxylic acids is 1. The van der Waals surface area contributed by atoms with Crippen molar-refractivity contribution in [1.82, 2.24) is 5.32 Å². The molecule has 1 aromatic rings. The summed E-state index contributed by atoms with van der Waals surface area (Å²) in [4.78, 5) is 17.1. The fourth-order valence-corrected chi connectivity index (χ4v) is 6.74. The number of carbonyl (C=O) groups is 1. The zero-order chi connectivity index (χ0) is 38.7. The third-order valence-electron chi connectivity index (χ3n) is 9.79. The Balaban J connectivity index is 1.32. The third kappa shape index (κ3) is 9.00. The number of nitrogens with one attached hydrogen (secondary N) is 2. The Kier molecular flexibility index (Phi) is 14.1. The molecule has 5 rings (SSSR count). The van der Waals surface area contributed by atoms with Crippen LogP contribution in [-0.2, 0) is 28.4 Å². The molecule has 1 aromatic carbocycles. The van der Waals surface area contributed by atoms with Gasteiger partial charge in [0.15, 0.2) is 24.6 Å². The summed E-state index contributed by atoms with van der Waals surface area (Å²) >= 11 is 0. The highest BCUT2D eigenvalue weighted by Gasteiger charge is 2.55. The van der Waals surface area contributed by atoms with E-state index in [1.807, 2.05) is 0 Å². The van der Waals surface area contributed by atoms with E-state index in [4.69, 9.17) is 56.6 Å². The highest BCUT2D eigenvalue weighted by atomic mass is 17.1. The van der Waals surface area contributed by atoms with E-state index in [1.165, 1.54) is 24.3 Å². The lowest BCUT2D eigenvalue weighted by molar-refractivity contribution is -0.310. The molecule has 23 heteroatoms. The molecule has 4 aliphatic rings. The topological polar surface area (TPSA) is 392 Å². The van der Waals surface area contributed by atoms with Crippen LogP contribution in [0.15, 0.2) is 24.3 Å². The molecular formula is C30H50N6O17. The van der Waals surface area contributed by atoms with Crippen molar-refractivity contribution in [3.8, 4) is 5.75 Å². The van der Waals surface area contributed by atoms with Crippen LogP contribution in [0.2, 0.25) is 0 Å². The van der Waals surface area contributed by atoms with E-state index in [-0.39, 0.29) is 24.4 Å². The molecular weight excluding hydrogens is 716 g/mol. The number of hydrogen-bond donors (Lipinski definition) is 15. The van der Waals surface area contributed by atoms with Crippen LogP contribution in [0.1, 0.15) is 6.42 Å². The fourth-order valence-electron chi connectivity index (χ4n) is 6.74. The molecule has 19 N–H and O–H groups in total. The van der Waals surface area contributed by atoms with Crippen molar-refractivity contribution in [1.29, 1.82) is 0 Å². The molecule has 7 unspecified atom stereocenters. The van der Waals surface area contributed by atoms with Crippen LogP contribution >= 0.6 is 0 Å². The summed E-state index contributed by atoms with van der Waals surface area (Å²) in [6.45, 7) is -1.74. The summed E-state index contributed by atoms with van der Waals surface area (Å²) in [6.07, 6.45) is -22.4. The van der Waals surface area contributed by atoms with Gasteiger partial charge in [-0.25, -0.2) is 10.1 Å². The Labute approximate surface area is 302 Å². The minimum Gasteiger partial charge on any atom is -0.394 e. The van der Waals surface area contributed by atoms with Gasteiger partial charge in [-0.15, -0.1) is 0 Å². The van der Waals surface area contributed by atoms with Crippen LogP contribution in [0.5, 0.6) is 5.75 Å². The first kappa shape index (κ1) is 41.7. The van der Waals surface area contributed by atoms with Gasteiger partial charge in [0.25, 0.3) is 0 Å². The number of amides is 2. The largest absolute Gasteiger partial charge is 0.394 e. The smallest absolute Gasteiger partial charge is 0.319 e. The Morgan fingerprint density at radius 1 is 0.698 bits per heavy atom. The van der Waals surface area contributed by atoms with Crippen molar-refractivity contribution in [2.24, 2.45) is 22.9 Å². The number of hydrogen-bond acceptors (Lipinski definition) is 21. The molecule has 1 aliphatic carbocycles. The number of ether oxygens (including phenoxy) is 6. The third-order valence-corrected chi connectivity index (χ3v) is 9.79. The van der Waals surface area contributed by atoms with E-state index in [2.05, 4.69) is 15.5 Å². The van der Waals surface area contributed by atoms with Crippen molar-refractivity contribution < 1.29 is 84.2 Å². The van der Waals surface area contributed by atoms with Crippen LogP contribution in [0.25, 0.3) is 0 Å². The maximum absolute atomic E-state index is 12.9. The lowest BCUT2D eigenvalue weighted by atomic mass is 9.84. The van der Waals surface area contributed by atoms with Gasteiger partial charge < -0.3 is 108 Å². The van der Waals surface area contributed by atoms with E-state index in [0.717, 1.165) is 0 Å². The van der Waals surface area contributed by atoms with E-state index < -0.39 is 136 Å². The van der Waals surface area contributed by atoms with Gasteiger partial charge in [0.05, 0.1) is 25.4 Å². The van der Waals surface area contributed by atoms with Crippen LogP contribution in [-0.4, -0.2) is 188 Å². The molecule has 3 aliphatic heterocycles. The van der Waals surface area contributed by atoms with Crippen molar-refractivity contribution in [3.63, 3.8) is 0 Å². The van der Waals surface area contributed by atoms with E-state index in [1.54, 1.807) is 0 Å². The van der Waals surface area contributed by atoms with Crippen molar-refractivity contribution in [2.45, 2.75) is 123 Å². The first-order valence-corrected chi connectivity index (χ1v) is 16.9. The van der Waals surface area contributed by atoms with Gasteiger partial charge in [-0.2, -0.15) is 0 Å². The number of anilines is 1. The zero-order valence-corrected chi connectivity index (χ0v) is 28.2. The quantitative estimate of drug-likeness (QED) is 0.0694. The minimum absolute atomic E-state index is 0.0151. The lowest BCUT2D eigenvalue weighted by Gasteiger charge is -2.47. The number of aliphatic hydroxyl groups excluding tert-OH is 8. The molecule has 302 valence electrons. The number of nitrogens with two attached hydrogens (primary N) is 4. The number of rotatable bonds is 12. The van der Waals surface area contributed by atoms with Crippen LogP contribution in [0.3, 0.4) is 0 Å². The Morgan fingerprint density at radius 2 is 1.28 bits per heavy atom. The first-order valence-electron chi connectivity index (χ1n) is 16.9. The molecule has 3 heterocycles. The number of benzene rings is 1. The number of urea groups is 1. The minimum atomic E-state index is -1.76. The van der Waals surface area contributed by atoms with Gasteiger partial charge in [-0.1, -0.05) is 0 Å². The molecule has 1 saturated carbocycles. The van der Waals surface area contributed by atoms with Crippen molar-refractivity contribution in [3.05, 3.63) is 24.3 Å². The summed E-state index contributed by atoms with van der Waals surface area (Å²) in [5.41, 5.74) is 24.5. The highest BCUT2D eigenvalue weighted by molar-refractivity contribution is 5.89. The molecule has 3 saturated heterocycles. The normalized spacial score (nSPS) is 44.7. The van der Waals surface area contributed by atoms with E-state index in [9.17, 15) is 45.6 Å². The monoisotopic (exact) mass is 766 g/mol. The van der Waals surface area contributed by atoms with Crippen LogP contribution in [0, 0.1) is 0 Å². The predicted octanol–water partition coefficient (Wildman–Crippen LogP) is -7.15. The molecule has 2 amide bonds. The van der Waals surface area contributed by atoms with Gasteiger partial charge in [-0.05, 0) is 30.7 Å². The van der Waals surface area contributed by atoms with Gasteiger partial charge in [0.1, 0.15) is 73.2 Å². The highest BCUT2D eigenvalue weighted by Crippen LogP contribution is 2.34. The van der Waals surface area contributed by atoms with Crippen molar-refractivity contribution in [2.75, 3.05) is 25.1 Å². The lowest BCUT2D eigenvalue weighted by Crippen LogP contribution is -2.68. The molecule has 23 nitrogen and oxygen atoms in total. The zero-order valence-electron chi connectivity index (χ0n) is 28.2. The molecule has 53 heavy (non-hydrogen) atoms. The summed E-state index contributed by atoms with van der Waals surface area (Å²) < 4.78 is 35.1. The van der Waals surface area contributed by atoms with E-state index >= 15 is 0 Å². The van der Waals surface area contributed by atoms with Crippen molar-refractivity contribution >= 4 is 11.7 Å². The molecule has 0 aromatic heterocycles. The average molecular weight is 767 g/mol. The first-order chi connectivity index (χ1) is 25.2. The Morgan fingerprint density at radius 3 is 1.91 bits per heavy atom. The maximum Gasteiger partial charge on any atom is 0.319 e. The second-order valence-electron chi connectivity index (χ2n) is 13.4. The van der Waals surface area contributed by atoms with Gasteiger partial charge in [0.2, 0.25) is 0 Å². The SMILES string of the molecule is NCC1O[C@H](O[C@@H]2C(O)[C@H](O[C@@H]3C(O)[C@H](N)CC(N)[C@H]3O[C@H]3OC(CO)[C@@H](O)[C@H](O)C3N)O[C@@H]2CO)C(NC(=O)Nc2ccc(OO)cc2)[C@H](O)[C@@H]1O. The molecule has 4 fully saturated rings. The summed E-state index contributed by atoms with van der Waals surface area (Å²) in [5.74, 6) is 0.0977. The summed E-state index contributed by atoms with van der Waals surface area (Å²) in [5, 5.41) is 98.3. The molecule has 0 bridgehead atoms. The summed E-state index contributed by atoms with van der Waals surface area (Å²) in [6, 6.07) is -0.0948. The average Bonchev–Trinajstić information content (AvgIpc) is 3.44. The molecule has 19 atom stereocenters. The Hall–Kier alpha value is -2.47. The second kappa shape index (κ2) is 18.0. The van der Waals surface area contributed by atoms with Crippen LogP contribution in [0.4, 0.5) is 10.5 Å².